The van der Waals surface area contributed by atoms with Crippen molar-refractivity contribution in [3.63, 3.8) is 0 Å². The fourth-order valence-corrected chi connectivity index (χ4v) is 4.43. The van der Waals surface area contributed by atoms with E-state index >= 15 is 0 Å². The quantitative estimate of drug-likeness (QED) is 0.454. The van der Waals surface area contributed by atoms with Gasteiger partial charge in [-0.1, -0.05) is 25.6 Å². The molecule has 1 aromatic heterocycles. The van der Waals surface area contributed by atoms with Crippen molar-refractivity contribution in [3.05, 3.63) is 23.5 Å². The van der Waals surface area contributed by atoms with Gasteiger partial charge in [-0.05, 0) is 31.9 Å². The fourth-order valence-electron chi connectivity index (χ4n) is 3.92. The Morgan fingerprint density at radius 2 is 1.97 bits per heavy atom. The minimum atomic E-state index is -1.50. The highest BCUT2D eigenvalue weighted by molar-refractivity contribution is 6.83. The van der Waals surface area contributed by atoms with Crippen LogP contribution in [0.1, 0.15) is 31.2 Å². The molecular weight excluding hydrogens is 392 g/mol. The lowest BCUT2D eigenvalue weighted by Gasteiger charge is -2.36. The summed E-state index contributed by atoms with van der Waals surface area (Å²) in [5.74, 6) is 3.86. The number of H-pyrrole nitrogens is 1. The summed E-state index contributed by atoms with van der Waals surface area (Å²) in [5, 5.41) is 0. The summed E-state index contributed by atoms with van der Waals surface area (Å²) in [6, 6.07) is 5.06. The van der Waals surface area contributed by atoms with Crippen LogP contribution >= 0.6 is 0 Å². The number of ether oxygens (including phenoxy) is 1. The molecule has 160 valence electrons. The van der Waals surface area contributed by atoms with Crippen molar-refractivity contribution < 1.29 is 9.53 Å². The van der Waals surface area contributed by atoms with Crippen molar-refractivity contribution in [2.75, 3.05) is 37.7 Å². The van der Waals surface area contributed by atoms with Crippen LogP contribution in [0.2, 0.25) is 19.6 Å². The predicted octanol–water partition coefficient (Wildman–Crippen LogP) is 3.18. The molecule has 1 aromatic carbocycles. The lowest BCUT2D eigenvalue weighted by molar-refractivity contribution is -0.142. The largest absolute Gasteiger partial charge is 0.466 e. The second-order valence-corrected chi connectivity index (χ2v) is 14.1. The van der Waals surface area contributed by atoms with E-state index in [-0.39, 0.29) is 12.4 Å². The molecule has 0 amide bonds. The van der Waals surface area contributed by atoms with Crippen molar-refractivity contribution in [1.29, 1.82) is 0 Å². The third kappa shape index (κ3) is 5.05. The third-order valence-electron chi connectivity index (χ3n) is 5.56. The Hall–Kier alpha value is -2.30. The lowest BCUT2D eigenvalue weighted by Crippen LogP contribution is -2.47. The maximum atomic E-state index is 11.9. The number of nitrogens with one attached hydrogen (secondary N) is 1. The van der Waals surface area contributed by atoms with E-state index < -0.39 is 8.07 Å². The topological polar surface area (TPSA) is 61.5 Å². The first-order valence-electron chi connectivity index (χ1n) is 11.0. The minimum Gasteiger partial charge on any atom is -0.466 e. The van der Waals surface area contributed by atoms with Crippen LogP contribution in [0.15, 0.2) is 12.1 Å². The van der Waals surface area contributed by atoms with Gasteiger partial charge in [0.15, 0.2) is 0 Å². The number of imidazole rings is 1. The van der Waals surface area contributed by atoms with Crippen LogP contribution in [0.3, 0.4) is 0 Å². The summed E-state index contributed by atoms with van der Waals surface area (Å²) in [5.41, 5.74) is 7.54. The molecular formula is C23H32N4O2Si. The van der Waals surface area contributed by atoms with Crippen LogP contribution in [0.5, 0.6) is 0 Å². The van der Waals surface area contributed by atoms with Crippen LogP contribution < -0.4 is 4.90 Å². The van der Waals surface area contributed by atoms with Crippen molar-refractivity contribution in [2.24, 2.45) is 0 Å². The van der Waals surface area contributed by atoms with Crippen LogP contribution in [0, 0.1) is 11.5 Å². The number of carbonyl (C=O) groups is 1. The van der Waals surface area contributed by atoms with Gasteiger partial charge in [-0.25, -0.2) is 4.98 Å². The maximum absolute atomic E-state index is 11.9. The van der Waals surface area contributed by atoms with Gasteiger partial charge in [-0.2, -0.15) is 0 Å². The first-order chi connectivity index (χ1) is 14.3. The van der Waals surface area contributed by atoms with Crippen molar-refractivity contribution in [3.8, 4) is 11.5 Å². The lowest BCUT2D eigenvalue weighted by atomic mass is 10.1. The summed E-state index contributed by atoms with van der Waals surface area (Å²) in [6.45, 7) is 13.2. The zero-order valence-corrected chi connectivity index (χ0v) is 19.5. The number of carbonyl (C=O) groups excluding carboxylic acids is 1. The smallest absolute Gasteiger partial charge is 0.313 e. The maximum Gasteiger partial charge on any atom is 0.313 e. The first kappa shape index (κ1) is 20.9. The zero-order valence-electron chi connectivity index (χ0n) is 18.5. The number of fused-ring (bicyclic) bond motifs is 1. The highest BCUT2D eigenvalue weighted by Crippen LogP contribution is 2.31. The zero-order chi connectivity index (χ0) is 21.3. The van der Waals surface area contributed by atoms with E-state index in [1.54, 1.807) is 0 Å². The Morgan fingerprint density at radius 3 is 2.60 bits per heavy atom. The molecule has 2 fully saturated rings. The highest BCUT2D eigenvalue weighted by atomic mass is 28.3. The van der Waals surface area contributed by atoms with Gasteiger partial charge in [-0.15, -0.1) is 5.54 Å². The molecule has 7 heteroatoms. The number of aromatic nitrogens is 2. The van der Waals surface area contributed by atoms with Crippen molar-refractivity contribution in [2.45, 2.75) is 51.9 Å². The summed E-state index contributed by atoms with van der Waals surface area (Å²) in [7, 11) is -1.50. The van der Waals surface area contributed by atoms with Gasteiger partial charge >= 0.3 is 5.97 Å². The molecule has 2 aromatic rings. The predicted molar refractivity (Wildman–Crippen MR) is 123 cm³/mol. The molecule has 0 spiro atoms. The van der Waals surface area contributed by atoms with E-state index in [4.69, 9.17) is 4.74 Å². The van der Waals surface area contributed by atoms with E-state index in [0.29, 0.717) is 12.4 Å². The molecule has 0 radical (unpaired) electrons. The second-order valence-electron chi connectivity index (χ2n) is 9.31. The number of rotatable bonds is 5. The van der Waals surface area contributed by atoms with Crippen LogP contribution in [-0.4, -0.2) is 67.7 Å². The number of piperazine rings is 1. The van der Waals surface area contributed by atoms with Gasteiger partial charge in [0, 0.05) is 37.8 Å². The number of esters is 1. The molecule has 1 aliphatic heterocycles. The molecule has 30 heavy (non-hydrogen) atoms. The van der Waals surface area contributed by atoms with E-state index in [1.807, 2.05) is 6.92 Å². The van der Waals surface area contributed by atoms with Gasteiger partial charge in [0.25, 0.3) is 0 Å². The monoisotopic (exact) mass is 424 g/mol. The van der Waals surface area contributed by atoms with Crippen molar-refractivity contribution in [1.82, 2.24) is 14.9 Å². The Morgan fingerprint density at radius 1 is 1.23 bits per heavy atom. The summed E-state index contributed by atoms with van der Waals surface area (Å²) in [6.07, 6.45) is 2.87. The van der Waals surface area contributed by atoms with E-state index in [1.165, 1.54) is 12.8 Å². The molecule has 1 N–H and O–H groups in total. The number of benzene rings is 1. The van der Waals surface area contributed by atoms with Crippen LogP contribution in [0.25, 0.3) is 11.0 Å². The van der Waals surface area contributed by atoms with Crippen molar-refractivity contribution >= 4 is 30.8 Å². The standard InChI is InChI=1S/C23H32N4O2Si/c1-5-29-23(28)16-22-24-19-14-17(8-13-30(2,3)4)21(15-20(19)25-22)27-11-9-26(10-12-27)18-6-7-18/h14-15,18H,5-7,9-12,16H2,1-4H3,(H,24,25). The molecule has 2 aliphatic rings. The van der Waals surface area contributed by atoms with E-state index in [9.17, 15) is 4.79 Å². The summed E-state index contributed by atoms with van der Waals surface area (Å²) < 4.78 is 5.07. The number of anilines is 1. The SMILES string of the molecule is CCOC(=O)Cc1nc2cc(N3CCN(C4CC4)CC3)c(C#C[Si](C)(C)C)cc2[nH]1. The molecule has 1 aliphatic carbocycles. The van der Waals surface area contributed by atoms with Crippen LogP contribution in [0.4, 0.5) is 5.69 Å². The number of aromatic amines is 1. The average molecular weight is 425 g/mol. The fraction of sp³-hybridized carbons (Fsp3) is 0.565. The molecule has 1 saturated heterocycles. The normalized spacial score (nSPS) is 17.7. The first-order valence-corrected chi connectivity index (χ1v) is 14.5. The van der Waals surface area contributed by atoms with Crippen LogP contribution in [-0.2, 0) is 16.0 Å². The number of nitrogens with zero attached hydrogens (tertiary/aromatic N) is 3. The van der Waals surface area contributed by atoms with E-state index in [2.05, 4.69) is 63.0 Å². The summed E-state index contributed by atoms with van der Waals surface area (Å²) >= 11 is 0. The Balaban J connectivity index is 1.64. The van der Waals surface area contributed by atoms with Gasteiger partial charge in [0.05, 0.1) is 23.3 Å². The Labute approximate surface area is 180 Å². The average Bonchev–Trinajstić information content (AvgIpc) is 3.46. The third-order valence-corrected chi connectivity index (χ3v) is 6.43. The molecule has 6 nitrogen and oxygen atoms in total. The number of hydrogen-bond acceptors (Lipinski definition) is 5. The second kappa shape index (κ2) is 8.44. The molecule has 0 unspecified atom stereocenters. The Bertz CT molecular complexity index is 986. The van der Waals surface area contributed by atoms with E-state index in [0.717, 1.165) is 54.5 Å². The molecule has 2 heterocycles. The molecule has 4 rings (SSSR count). The van der Waals surface area contributed by atoms with Gasteiger partial charge in [0.2, 0.25) is 0 Å². The van der Waals surface area contributed by atoms with Gasteiger partial charge < -0.3 is 14.6 Å². The summed E-state index contributed by atoms with van der Waals surface area (Å²) in [4.78, 5) is 24.9. The Kier molecular flexibility index (Phi) is 5.90. The molecule has 0 atom stereocenters. The number of hydrogen-bond donors (Lipinski definition) is 1. The molecule has 1 saturated carbocycles. The molecule has 0 bridgehead atoms. The van der Waals surface area contributed by atoms with Gasteiger partial charge in [-0.3, -0.25) is 9.69 Å². The highest BCUT2D eigenvalue weighted by Gasteiger charge is 2.31. The van der Waals surface area contributed by atoms with Gasteiger partial charge in [0.1, 0.15) is 20.3 Å². The minimum absolute atomic E-state index is 0.161.